The lowest BCUT2D eigenvalue weighted by molar-refractivity contribution is -0.120. The molecule has 2 aliphatic heterocycles. The van der Waals surface area contributed by atoms with Gasteiger partial charge in [0, 0.05) is 50.0 Å². The molecule has 0 unspecified atom stereocenters. The Bertz CT molecular complexity index is 886. The number of ketones is 1. The average Bonchev–Trinajstić information content (AvgIpc) is 3.23. The zero-order valence-corrected chi connectivity index (χ0v) is 16.7. The van der Waals surface area contributed by atoms with Gasteiger partial charge >= 0.3 is 13.1 Å². The summed E-state index contributed by atoms with van der Waals surface area (Å²) < 4.78 is 5.48. The molecule has 2 N–H and O–H groups in total. The highest BCUT2D eigenvalue weighted by molar-refractivity contribution is 7.13. The number of nitrogens with zero attached hydrogens (tertiary/aromatic N) is 3. The van der Waals surface area contributed by atoms with E-state index in [1.807, 2.05) is 5.38 Å². The summed E-state index contributed by atoms with van der Waals surface area (Å²) in [4.78, 5) is 32.6. The first-order chi connectivity index (χ1) is 14.0. The van der Waals surface area contributed by atoms with E-state index < -0.39 is 13.1 Å². The fourth-order valence-corrected chi connectivity index (χ4v) is 4.60. The number of carbonyl (C=O) groups excluding carboxylic acids is 1. The molecule has 0 spiro atoms. The first-order valence-electron chi connectivity index (χ1n) is 9.59. The molecule has 1 aromatic carbocycles. The molecule has 1 fully saturated rings. The summed E-state index contributed by atoms with van der Waals surface area (Å²) in [5.74, 6) is -1.22. The van der Waals surface area contributed by atoms with Gasteiger partial charge in [-0.2, -0.15) is 0 Å². The minimum atomic E-state index is -1.19. The van der Waals surface area contributed by atoms with Crippen LogP contribution < -0.4 is 9.55 Å². The summed E-state index contributed by atoms with van der Waals surface area (Å²) in [6, 6.07) is 4.89. The van der Waals surface area contributed by atoms with E-state index in [9.17, 15) is 19.7 Å². The number of anilines is 1. The molecule has 3 heterocycles. The van der Waals surface area contributed by atoms with Gasteiger partial charge < -0.3 is 19.7 Å². The van der Waals surface area contributed by atoms with Crippen LogP contribution in [0.2, 0.25) is 5.82 Å². The summed E-state index contributed by atoms with van der Waals surface area (Å²) >= 11 is 1.62. The standard InChI is InChI=1S/C19H22BN3O5S/c24-15(12-22-5-7-23(8-6-22)19-21-4-9-29-19)11-14-10-13-2-1-3-16(18(25)26)17(13)28-20(14)27/h1-4,9,14,27H,5-8,10-12H2,(H,25,26)/t14-/m1/s1. The Balaban J connectivity index is 1.31. The van der Waals surface area contributed by atoms with Crippen molar-refractivity contribution >= 4 is 35.3 Å². The van der Waals surface area contributed by atoms with Crippen LogP contribution in [-0.2, 0) is 11.2 Å². The number of fused-ring (bicyclic) bond motifs is 1. The van der Waals surface area contributed by atoms with Gasteiger partial charge in [-0.15, -0.1) is 11.3 Å². The molecule has 1 saturated heterocycles. The maximum absolute atomic E-state index is 12.6. The quantitative estimate of drug-likeness (QED) is 0.683. The zero-order chi connectivity index (χ0) is 20.4. The lowest BCUT2D eigenvalue weighted by Crippen LogP contribution is -2.48. The van der Waals surface area contributed by atoms with Crippen molar-refractivity contribution in [3.63, 3.8) is 0 Å². The summed E-state index contributed by atoms with van der Waals surface area (Å²) in [5, 5.41) is 22.6. The summed E-state index contributed by atoms with van der Waals surface area (Å²) in [7, 11) is -1.19. The molecular weight excluding hydrogens is 393 g/mol. The number of piperazine rings is 1. The third kappa shape index (κ3) is 4.44. The lowest BCUT2D eigenvalue weighted by Gasteiger charge is -2.34. The smallest absolute Gasteiger partial charge is 0.526 e. The highest BCUT2D eigenvalue weighted by Gasteiger charge is 2.38. The van der Waals surface area contributed by atoms with Crippen molar-refractivity contribution in [1.29, 1.82) is 0 Å². The zero-order valence-electron chi connectivity index (χ0n) is 15.9. The van der Waals surface area contributed by atoms with E-state index in [0.717, 1.165) is 31.3 Å². The molecule has 8 nitrogen and oxygen atoms in total. The van der Waals surface area contributed by atoms with E-state index in [2.05, 4.69) is 14.8 Å². The Morgan fingerprint density at radius 3 is 2.76 bits per heavy atom. The van der Waals surface area contributed by atoms with Gasteiger partial charge in [-0.1, -0.05) is 12.1 Å². The third-order valence-corrected chi connectivity index (χ3v) is 6.24. The number of carboxylic acid groups (broad SMARTS) is 1. The van der Waals surface area contributed by atoms with E-state index in [1.165, 1.54) is 6.07 Å². The Morgan fingerprint density at radius 1 is 1.28 bits per heavy atom. The van der Waals surface area contributed by atoms with Crippen molar-refractivity contribution in [2.24, 2.45) is 0 Å². The first-order valence-corrected chi connectivity index (χ1v) is 10.5. The predicted octanol–water partition coefficient (Wildman–Crippen LogP) is 1.41. The van der Waals surface area contributed by atoms with Gasteiger partial charge in [0.1, 0.15) is 11.5 Å². The third-order valence-electron chi connectivity index (χ3n) is 5.40. The van der Waals surface area contributed by atoms with Crippen LogP contribution in [0.15, 0.2) is 29.8 Å². The number of aromatic nitrogens is 1. The molecule has 152 valence electrons. The van der Waals surface area contributed by atoms with Crippen molar-refractivity contribution in [2.45, 2.75) is 18.7 Å². The van der Waals surface area contributed by atoms with Crippen molar-refractivity contribution in [2.75, 3.05) is 37.6 Å². The fraction of sp³-hybridized carbons (Fsp3) is 0.421. The normalized spacial score (nSPS) is 19.6. The number of hydrogen-bond donors (Lipinski definition) is 2. The molecule has 0 bridgehead atoms. The molecule has 29 heavy (non-hydrogen) atoms. The number of rotatable bonds is 6. The Kier molecular flexibility index (Phi) is 5.84. The molecule has 0 aliphatic carbocycles. The van der Waals surface area contributed by atoms with Gasteiger partial charge in [0.25, 0.3) is 0 Å². The minimum absolute atomic E-state index is 0.0319. The van der Waals surface area contributed by atoms with E-state index in [1.54, 1.807) is 29.7 Å². The summed E-state index contributed by atoms with van der Waals surface area (Å²) in [5.41, 5.74) is 0.745. The molecule has 1 atom stereocenters. The number of thiazole rings is 1. The molecule has 4 rings (SSSR count). The van der Waals surface area contributed by atoms with Crippen LogP contribution >= 0.6 is 11.3 Å². The molecular formula is C19H22BN3O5S. The highest BCUT2D eigenvalue weighted by Crippen LogP contribution is 2.36. The van der Waals surface area contributed by atoms with Crippen molar-refractivity contribution < 1.29 is 24.4 Å². The second-order valence-corrected chi connectivity index (χ2v) is 8.27. The van der Waals surface area contributed by atoms with Crippen molar-refractivity contribution in [3.05, 3.63) is 40.9 Å². The van der Waals surface area contributed by atoms with Crippen molar-refractivity contribution in [1.82, 2.24) is 9.88 Å². The molecule has 1 aromatic heterocycles. The van der Waals surface area contributed by atoms with Gasteiger partial charge in [-0.25, -0.2) is 9.78 Å². The van der Waals surface area contributed by atoms with Crippen LogP contribution in [0, 0.1) is 0 Å². The Hall–Kier alpha value is -2.43. The number of carboxylic acids is 1. The second kappa shape index (κ2) is 8.52. The average molecular weight is 415 g/mol. The summed E-state index contributed by atoms with van der Waals surface area (Å²) in [6.45, 7) is 3.60. The molecule has 2 aliphatic rings. The van der Waals surface area contributed by atoms with Gasteiger partial charge in [0.2, 0.25) is 0 Å². The van der Waals surface area contributed by atoms with Crippen LogP contribution in [-0.4, -0.2) is 71.6 Å². The maximum Gasteiger partial charge on any atom is 0.526 e. The topological polar surface area (TPSA) is 103 Å². The monoisotopic (exact) mass is 415 g/mol. The number of aromatic carboxylic acids is 1. The lowest BCUT2D eigenvalue weighted by atomic mass is 9.64. The van der Waals surface area contributed by atoms with E-state index in [-0.39, 0.29) is 29.3 Å². The first kappa shape index (κ1) is 19.9. The number of Topliss-reactive ketones (excluding diaryl/α,β-unsaturated/α-hetero) is 1. The number of benzene rings is 1. The largest absolute Gasteiger partial charge is 0.535 e. The minimum Gasteiger partial charge on any atom is -0.535 e. The molecule has 2 aromatic rings. The van der Waals surface area contributed by atoms with Gasteiger partial charge in [0.05, 0.1) is 12.1 Å². The van der Waals surface area contributed by atoms with Gasteiger partial charge in [0.15, 0.2) is 5.13 Å². The van der Waals surface area contributed by atoms with Crippen LogP contribution in [0.25, 0.3) is 0 Å². The predicted molar refractivity (Wildman–Crippen MR) is 110 cm³/mol. The van der Waals surface area contributed by atoms with Crippen molar-refractivity contribution in [3.8, 4) is 5.75 Å². The Labute approximate surface area is 172 Å². The maximum atomic E-state index is 12.6. The highest BCUT2D eigenvalue weighted by atomic mass is 32.1. The fourth-order valence-electron chi connectivity index (χ4n) is 3.90. The second-order valence-electron chi connectivity index (χ2n) is 7.39. The van der Waals surface area contributed by atoms with Crippen LogP contribution in [0.5, 0.6) is 5.75 Å². The molecule has 0 saturated carbocycles. The van der Waals surface area contributed by atoms with E-state index in [4.69, 9.17) is 4.65 Å². The number of carbonyl (C=O) groups is 2. The van der Waals surface area contributed by atoms with Crippen LogP contribution in [0.3, 0.4) is 0 Å². The number of para-hydroxylation sites is 1. The molecule has 0 amide bonds. The number of hydrogen-bond acceptors (Lipinski definition) is 8. The van der Waals surface area contributed by atoms with Gasteiger partial charge in [-0.3, -0.25) is 9.69 Å². The van der Waals surface area contributed by atoms with Crippen LogP contribution in [0.4, 0.5) is 5.13 Å². The Morgan fingerprint density at radius 2 is 2.07 bits per heavy atom. The SMILES string of the molecule is O=C(C[C@H]1Cc2cccc(C(=O)O)c2OB1O)CN1CCN(c2nccs2)CC1. The van der Waals surface area contributed by atoms with E-state index in [0.29, 0.717) is 18.5 Å². The van der Waals surface area contributed by atoms with Crippen LogP contribution in [0.1, 0.15) is 22.3 Å². The summed E-state index contributed by atoms with van der Waals surface area (Å²) in [6.07, 6.45) is 2.41. The van der Waals surface area contributed by atoms with E-state index >= 15 is 0 Å². The molecule has 0 radical (unpaired) electrons. The molecule has 10 heteroatoms. The van der Waals surface area contributed by atoms with Gasteiger partial charge in [-0.05, 0) is 18.1 Å².